The topological polar surface area (TPSA) is 25.2 Å². The lowest BCUT2D eigenvalue weighted by atomic mass is 10.0. The van der Waals surface area contributed by atoms with Gasteiger partial charge in [0.2, 0.25) is 0 Å². The number of hydrogen-bond donors (Lipinski definition) is 1. The van der Waals surface area contributed by atoms with Crippen molar-refractivity contribution in [1.82, 2.24) is 5.32 Å². The lowest BCUT2D eigenvalue weighted by Crippen LogP contribution is -2.16. The molecule has 2 heterocycles. The molecule has 0 saturated carbocycles. The van der Waals surface area contributed by atoms with Crippen LogP contribution < -0.4 is 5.32 Å². The van der Waals surface area contributed by atoms with Gasteiger partial charge in [0.05, 0.1) is 4.47 Å². The quantitative estimate of drug-likeness (QED) is 0.861. The highest BCUT2D eigenvalue weighted by Crippen LogP contribution is 2.33. The highest BCUT2D eigenvalue weighted by atomic mass is 79.9. The first-order valence-electron chi connectivity index (χ1n) is 4.35. The lowest BCUT2D eigenvalue weighted by Gasteiger charge is -2.02. The average molecular weight is 309 g/mol. The first kappa shape index (κ1) is 9.74. The fraction of sp³-hybridized carbons (Fsp3) is 0.556. The number of halogens is 2. The summed E-state index contributed by atoms with van der Waals surface area (Å²) in [6, 6.07) is 2.65. The van der Waals surface area contributed by atoms with E-state index >= 15 is 0 Å². The second-order valence-corrected chi connectivity index (χ2v) is 5.09. The minimum absolute atomic E-state index is 0.526. The molecule has 0 spiro atoms. The molecule has 0 aliphatic carbocycles. The highest BCUT2D eigenvalue weighted by Gasteiger charge is 2.25. The SMILES string of the molecule is CC1CC(c2cc(Br)c(Br)o2)CN1. The van der Waals surface area contributed by atoms with Gasteiger partial charge in [-0.15, -0.1) is 0 Å². The average Bonchev–Trinajstić information content (AvgIpc) is 2.61. The van der Waals surface area contributed by atoms with Crippen LogP contribution in [0.1, 0.15) is 25.0 Å². The molecule has 2 atom stereocenters. The summed E-state index contributed by atoms with van der Waals surface area (Å²) in [5.74, 6) is 1.59. The Kier molecular flexibility index (Phi) is 2.81. The maximum Gasteiger partial charge on any atom is 0.183 e. The number of hydrogen-bond acceptors (Lipinski definition) is 2. The molecule has 1 aliphatic heterocycles. The zero-order valence-corrected chi connectivity index (χ0v) is 10.5. The van der Waals surface area contributed by atoms with E-state index < -0.39 is 0 Å². The van der Waals surface area contributed by atoms with Gasteiger partial charge in [-0.25, -0.2) is 0 Å². The number of rotatable bonds is 1. The third kappa shape index (κ3) is 2.00. The van der Waals surface area contributed by atoms with Crippen molar-refractivity contribution in [2.75, 3.05) is 6.54 Å². The van der Waals surface area contributed by atoms with Gasteiger partial charge in [0.1, 0.15) is 5.76 Å². The summed E-state index contributed by atoms with van der Waals surface area (Å²) in [5.41, 5.74) is 0. The van der Waals surface area contributed by atoms with Crippen LogP contribution >= 0.6 is 31.9 Å². The normalized spacial score (nSPS) is 28.2. The Bertz CT molecular complexity index is 291. The van der Waals surface area contributed by atoms with Gasteiger partial charge < -0.3 is 9.73 Å². The molecule has 4 heteroatoms. The van der Waals surface area contributed by atoms with Crippen molar-refractivity contribution in [1.29, 1.82) is 0 Å². The monoisotopic (exact) mass is 307 g/mol. The van der Waals surface area contributed by atoms with Gasteiger partial charge in [-0.1, -0.05) is 0 Å². The molecular weight excluding hydrogens is 298 g/mol. The first-order chi connectivity index (χ1) is 6.16. The van der Waals surface area contributed by atoms with Crippen LogP contribution in [-0.4, -0.2) is 12.6 Å². The molecule has 72 valence electrons. The standard InChI is InChI=1S/C9H11Br2NO/c1-5-2-6(4-12-5)8-3-7(10)9(11)13-8/h3,5-6,12H,2,4H2,1H3. The maximum atomic E-state index is 5.58. The fourth-order valence-corrected chi connectivity index (χ4v) is 2.33. The Balaban J connectivity index is 2.17. The van der Waals surface area contributed by atoms with Gasteiger partial charge in [0.15, 0.2) is 4.67 Å². The van der Waals surface area contributed by atoms with E-state index in [0.717, 1.165) is 27.9 Å². The molecule has 1 N–H and O–H groups in total. The molecule has 1 aromatic rings. The van der Waals surface area contributed by atoms with E-state index in [2.05, 4.69) is 50.2 Å². The van der Waals surface area contributed by atoms with E-state index in [-0.39, 0.29) is 0 Å². The molecule has 0 aromatic carbocycles. The van der Waals surface area contributed by atoms with Crippen LogP contribution in [-0.2, 0) is 0 Å². The Labute approximate surface area is 94.3 Å². The van der Waals surface area contributed by atoms with E-state index in [0.29, 0.717) is 12.0 Å². The van der Waals surface area contributed by atoms with Crippen LogP contribution in [0.4, 0.5) is 0 Å². The van der Waals surface area contributed by atoms with Crippen molar-refractivity contribution in [3.63, 3.8) is 0 Å². The predicted molar refractivity (Wildman–Crippen MR) is 58.9 cm³/mol. The number of nitrogens with one attached hydrogen (secondary N) is 1. The van der Waals surface area contributed by atoms with Crippen molar-refractivity contribution in [2.45, 2.75) is 25.3 Å². The van der Waals surface area contributed by atoms with Crippen molar-refractivity contribution >= 4 is 31.9 Å². The predicted octanol–water partition coefficient (Wildman–Crippen LogP) is 3.27. The van der Waals surface area contributed by atoms with E-state index in [1.807, 2.05) is 0 Å². The van der Waals surface area contributed by atoms with Gasteiger partial charge >= 0.3 is 0 Å². The lowest BCUT2D eigenvalue weighted by molar-refractivity contribution is 0.453. The second-order valence-electron chi connectivity index (χ2n) is 3.51. The zero-order valence-electron chi connectivity index (χ0n) is 7.31. The summed E-state index contributed by atoms with van der Waals surface area (Å²) >= 11 is 6.76. The minimum atomic E-state index is 0.526. The molecule has 2 rings (SSSR count). The second kappa shape index (κ2) is 3.75. The third-order valence-electron chi connectivity index (χ3n) is 2.42. The van der Waals surface area contributed by atoms with Gasteiger partial charge in [-0.2, -0.15) is 0 Å². The Hall–Kier alpha value is 0.200. The third-order valence-corrected chi connectivity index (χ3v) is 4.13. The molecule has 1 aliphatic rings. The highest BCUT2D eigenvalue weighted by molar-refractivity contribution is 9.13. The molecule has 1 saturated heterocycles. The molecule has 1 fully saturated rings. The summed E-state index contributed by atoms with van der Waals surface area (Å²) < 4.78 is 7.37. The molecule has 2 nitrogen and oxygen atoms in total. The van der Waals surface area contributed by atoms with E-state index in [1.54, 1.807) is 0 Å². The summed E-state index contributed by atoms with van der Waals surface area (Å²) in [6.07, 6.45) is 1.16. The van der Waals surface area contributed by atoms with E-state index in [9.17, 15) is 0 Å². The van der Waals surface area contributed by atoms with Gasteiger partial charge in [-0.05, 0) is 51.3 Å². The number of furan rings is 1. The van der Waals surface area contributed by atoms with Crippen LogP contribution in [0.5, 0.6) is 0 Å². The van der Waals surface area contributed by atoms with Crippen LogP contribution in [0.25, 0.3) is 0 Å². The van der Waals surface area contributed by atoms with Crippen molar-refractivity contribution in [3.8, 4) is 0 Å². The van der Waals surface area contributed by atoms with Crippen molar-refractivity contribution < 1.29 is 4.42 Å². The molecule has 0 bridgehead atoms. The Morgan fingerprint density at radius 2 is 2.31 bits per heavy atom. The molecule has 1 aromatic heterocycles. The van der Waals surface area contributed by atoms with Crippen LogP contribution in [0.3, 0.4) is 0 Å². The first-order valence-corrected chi connectivity index (χ1v) is 5.93. The Morgan fingerprint density at radius 1 is 1.54 bits per heavy atom. The Morgan fingerprint density at radius 3 is 2.77 bits per heavy atom. The molecule has 0 amide bonds. The van der Waals surface area contributed by atoms with Gasteiger partial charge in [-0.3, -0.25) is 0 Å². The minimum Gasteiger partial charge on any atom is -0.453 e. The molecular formula is C9H11Br2NO. The molecule has 2 unspecified atom stereocenters. The molecule has 13 heavy (non-hydrogen) atoms. The van der Waals surface area contributed by atoms with Gasteiger partial charge in [0, 0.05) is 18.5 Å². The summed E-state index contributed by atoms with van der Waals surface area (Å²) in [4.78, 5) is 0. The molecule has 0 radical (unpaired) electrons. The zero-order chi connectivity index (χ0) is 9.42. The summed E-state index contributed by atoms with van der Waals surface area (Å²) in [6.45, 7) is 3.22. The van der Waals surface area contributed by atoms with Crippen molar-refractivity contribution in [3.05, 3.63) is 21.0 Å². The van der Waals surface area contributed by atoms with E-state index in [1.165, 1.54) is 0 Å². The maximum absolute atomic E-state index is 5.58. The largest absolute Gasteiger partial charge is 0.453 e. The summed E-state index contributed by atoms with van der Waals surface area (Å²) in [7, 11) is 0. The van der Waals surface area contributed by atoms with Crippen molar-refractivity contribution in [2.24, 2.45) is 0 Å². The van der Waals surface area contributed by atoms with Crippen LogP contribution in [0.2, 0.25) is 0 Å². The fourth-order valence-electron chi connectivity index (χ4n) is 1.72. The van der Waals surface area contributed by atoms with Crippen LogP contribution in [0, 0.1) is 0 Å². The van der Waals surface area contributed by atoms with Gasteiger partial charge in [0.25, 0.3) is 0 Å². The van der Waals surface area contributed by atoms with Crippen LogP contribution in [0.15, 0.2) is 19.6 Å². The van der Waals surface area contributed by atoms with E-state index in [4.69, 9.17) is 4.42 Å². The summed E-state index contributed by atoms with van der Waals surface area (Å²) in [5, 5.41) is 3.41. The smallest absolute Gasteiger partial charge is 0.183 e.